The Bertz CT molecular complexity index is 667. The van der Waals surface area contributed by atoms with E-state index in [0.29, 0.717) is 0 Å². The number of carboxylic acids is 1. The first-order chi connectivity index (χ1) is 12.6. The van der Waals surface area contributed by atoms with Gasteiger partial charge in [-0.1, -0.05) is 30.3 Å². The Balaban J connectivity index is 0.000000552. The molecule has 1 saturated heterocycles. The summed E-state index contributed by atoms with van der Waals surface area (Å²) in [6, 6.07) is 14.8. The first-order valence-corrected chi connectivity index (χ1v) is 8.99. The SMILES string of the molecule is CC(=O)O.CCNc1cccnc1N1CCN(Cc2ccccc2)CC1. The van der Waals surface area contributed by atoms with E-state index in [4.69, 9.17) is 9.90 Å². The predicted molar refractivity (Wildman–Crippen MR) is 106 cm³/mol. The molecule has 1 fully saturated rings. The fraction of sp³-hybridized carbons (Fsp3) is 0.400. The number of carboxylic acid groups (broad SMARTS) is 1. The number of aliphatic carboxylic acids is 1. The van der Waals surface area contributed by atoms with E-state index >= 15 is 0 Å². The Kier molecular flexibility index (Phi) is 7.89. The Labute approximate surface area is 155 Å². The summed E-state index contributed by atoms with van der Waals surface area (Å²) in [4.78, 5) is 18.5. The third kappa shape index (κ3) is 6.37. The van der Waals surface area contributed by atoms with Gasteiger partial charge in [0.1, 0.15) is 0 Å². The number of anilines is 2. The zero-order chi connectivity index (χ0) is 18.8. The number of rotatable bonds is 5. The predicted octanol–water partition coefficient (Wildman–Crippen LogP) is 2.93. The number of nitrogens with one attached hydrogen (secondary N) is 1. The Morgan fingerprint density at radius 1 is 1.12 bits per heavy atom. The second-order valence-corrected chi connectivity index (χ2v) is 6.17. The number of nitrogens with zero attached hydrogens (tertiary/aromatic N) is 3. The van der Waals surface area contributed by atoms with Gasteiger partial charge in [0, 0.05) is 52.4 Å². The van der Waals surface area contributed by atoms with Crippen LogP contribution in [0.1, 0.15) is 19.4 Å². The fourth-order valence-corrected chi connectivity index (χ4v) is 2.94. The highest BCUT2D eigenvalue weighted by Crippen LogP contribution is 2.23. The van der Waals surface area contributed by atoms with E-state index in [1.807, 2.05) is 12.3 Å². The minimum Gasteiger partial charge on any atom is -0.481 e. The summed E-state index contributed by atoms with van der Waals surface area (Å²) in [5.41, 5.74) is 2.53. The van der Waals surface area contributed by atoms with E-state index in [9.17, 15) is 0 Å². The van der Waals surface area contributed by atoms with E-state index in [1.54, 1.807) is 0 Å². The van der Waals surface area contributed by atoms with Gasteiger partial charge in [0.15, 0.2) is 5.82 Å². The van der Waals surface area contributed by atoms with Crippen LogP contribution in [0.2, 0.25) is 0 Å². The van der Waals surface area contributed by atoms with E-state index < -0.39 is 5.97 Å². The number of carbonyl (C=O) groups is 1. The summed E-state index contributed by atoms with van der Waals surface area (Å²) >= 11 is 0. The van der Waals surface area contributed by atoms with Crippen LogP contribution >= 0.6 is 0 Å². The highest BCUT2D eigenvalue weighted by molar-refractivity contribution is 5.65. The number of benzene rings is 1. The summed E-state index contributed by atoms with van der Waals surface area (Å²) in [5.74, 6) is 0.253. The molecule has 1 aliphatic heterocycles. The quantitative estimate of drug-likeness (QED) is 0.858. The lowest BCUT2D eigenvalue weighted by Crippen LogP contribution is -2.46. The monoisotopic (exact) mass is 356 g/mol. The van der Waals surface area contributed by atoms with Crippen LogP contribution in [0.3, 0.4) is 0 Å². The molecule has 1 aromatic carbocycles. The average molecular weight is 356 g/mol. The average Bonchev–Trinajstić information content (AvgIpc) is 2.64. The molecule has 0 spiro atoms. The maximum Gasteiger partial charge on any atom is 0.300 e. The van der Waals surface area contributed by atoms with Gasteiger partial charge >= 0.3 is 0 Å². The lowest BCUT2D eigenvalue weighted by atomic mass is 10.2. The largest absolute Gasteiger partial charge is 0.481 e. The van der Waals surface area contributed by atoms with Crippen molar-refractivity contribution in [3.05, 3.63) is 54.2 Å². The summed E-state index contributed by atoms with van der Waals surface area (Å²) in [7, 11) is 0. The fourth-order valence-electron chi connectivity index (χ4n) is 2.94. The molecule has 0 bridgehead atoms. The summed E-state index contributed by atoms with van der Waals surface area (Å²) < 4.78 is 0. The Hall–Kier alpha value is -2.60. The van der Waals surface area contributed by atoms with Gasteiger partial charge in [-0.05, 0) is 24.6 Å². The van der Waals surface area contributed by atoms with Gasteiger partial charge in [-0.25, -0.2) is 4.98 Å². The Morgan fingerprint density at radius 2 is 1.77 bits per heavy atom. The van der Waals surface area contributed by atoms with E-state index in [0.717, 1.165) is 57.7 Å². The van der Waals surface area contributed by atoms with Crippen molar-refractivity contribution in [2.45, 2.75) is 20.4 Å². The topological polar surface area (TPSA) is 68.7 Å². The van der Waals surface area contributed by atoms with Crippen LogP contribution in [0.25, 0.3) is 0 Å². The lowest BCUT2D eigenvalue weighted by Gasteiger charge is -2.36. The molecular formula is C20H28N4O2. The molecule has 2 N–H and O–H groups in total. The van der Waals surface area contributed by atoms with Gasteiger partial charge in [0.2, 0.25) is 0 Å². The molecule has 0 unspecified atom stereocenters. The summed E-state index contributed by atoms with van der Waals surface area (Å²) in [6.45, 7) is 9.39. The molecule has 0 saturated carbocycles. The Morgan fingerprint density at radius 3 is 2.38 bits per heavy atom. The van der Waals surface area contributed by atoms with E-state index in [-0.39, 0.29) is 0 Å². The van der Waals surface area contributed by atoms with Gasteiger partial charge in [0.05, 0.1) is 5.69 Å². The number of aromatic nitrogens is 1. The van der Waals surface area contributed by atoms with Crippen LogP contribution in [0.5, 0.6) is 0 Å². The van der Waals surface area contributed by atoms with Crippen molar-refractivity contribution in [1.82, 2.24) is 9.88 Å². The molecule has 2 heterocycles. The first kappa shape index (κ1) is 19.7. The molecule has 3 rings (SSSR count). The number of piperazine rings is 1. The van der Waals surface area contributed by atoms with Crippen LogP contribution in [-0.2, 0) is 11.3 Å². The van der Waals surface area contributed by atoms with E-state index in [2.05, 4.69) is 63.4 Å². The normalized spacial score (nSPS) is 14.3. The minimum absolute atomic E-state index is 0.833. The van der Waals surface area contributed by atoms with Crippen LogP contribution in [0.15, 0.2) is 48.7 Å². The van der Waals surface area contributed by atoms with Gasteiger partial charge in [0.25, 0.3) is 5.97 Å². The van der Waals surface area contributed by atoms with Crippen molar-refractivity contribution in [2.24, 2.45) is 0 Å². The van der Waals surface area contributed by atoms with Gasteiger partial charge in [-0.3, -0.25) is 9.69 Å². The molecule has 0 radical (unpaired) electrons. The lowest BCUT2D eigenvalue weighted by molar-refractivity contribution is -0.134. The molecule has 1 aromatic heterocycles. The zero-order valence-corrected chi connectivity index (χ0v) is 15.6. The number of pyridine rings is 1. The third-order valence-corrected chi connectivity index (χ3v) is 4.07. The molecule has 1 aliphatic rings. The minimum atomic E-state index is -0.833. The maximum atomic E-state index is 9.00. The van der Waals surface area contributed by atoms with Crippen molar-refractivity contribution in [3.8, 4) is 0 Å². The van der Waals surface area contributed by atoms with Crippen LogP contribution in [0, 0.1) is 0 Å². The highest BCUT2D eigenvalue weighted by Gasteiger charge is 2.19. The van der Waals surface area contributed by atoms with Gasteiger partial charge < -0.3 is 15.3 Å². The van der Waals surface area contributed by atoms with Crippen molar-refractivity contribution in [3.63, 3.8) is 0 Å². The molecule has 0 amide bonds. The summed E-state index contributed by atoms with van der Waals surface area (Å²) in [6.07, 6.45) is 1.88. The molecular weight excluding hydrogens is 328 g/mol. The second-order valence-electron chi connectivity index (χ2n) is 6.17. The molecule has 0 aliphatic carbocycles. The van der Waals surface area contributed by atoms with Crippen LogP contribution in [0.4, 0.5) is 11.5 Å². The molecule has 2 aromatic rings. The molecule has 6 nitrogen and oxygen atoms in total. The number of hydrogen-bond acceptors (Lipinski definition) is 5. The number of hydrogen-bond donors (Lipinski definition) is 2. The molecule has 0 atom stereocenters. The standard InChI is InChI=1S/C18H24N4.C2H4O2/c1-2-19-17-9-6-10-20-18(17)22-13-11-21(12-14-22)15-16-7-4-3-5-8-16;1-2(3)4/h3-10,19H,2,11-15H2,1H3;1H3,(H,3,4). The molecule has 140 valence electrons. The smallest absolute Gasteiger partial charge is 0.300 e. The van der Waals surface area contributed by atoms with Crippen LogP contribution in [-0.4, -0.2) is 53.7 Å². The third-order valence-electron chi connectivity index (χ3n) is 4.07. The van der Waals surface area contributed by atoms with Gasteiger partial charge in [-0.2, -0.15) is 0 Å². The first-order valence-electron chi connectivity index (χ1n) is 8.99. The molecule has 6 heteroatoms. The summed E-state index contributed by atoms with van der Waals surface area (Å²) in [5, 5.41) is 10.8. The van der Waals surface area contributed by atoms with Crippen molar-refractivity contribution in [1.29, 1.82) is 0 Å². The van der Waals surface area contributed by atoms with Crippen molar-refractivity contribution < 1.29 is 9.90 Å². The van der Waals surface area contributed by atoms with E-state index in [1.165, 1.54) is 5.56 Å². The van der Waals surface area contributed by atoms with Crippen molar-refractivity contribution in [2.75, 3.05) is 42.9 Å². The van der Waals surface area contributed by atoms with Gasteiger partial charge in [-0.15, -0.1) is 0 Å². The highest BCUT2D eigenvalue weighted by atomic mass is 16.4. The molecule has 26 heavy (non-hydrogen) atoms. The second kappa shape index (κ2) is 10.4. The maximum absolute atomic E-state index is 9.00. The zero-order valence-electron chi connectivity index (χ0n) is 15.6. The van der Waals surface area contributed by atoms with Crippen LogP contribution < -0.4 is 10.2 Å². The van der Waals surface area contributed by atoms with Crippen molar-refractivity contribution >= 4 is 17.5 Å².